The van der Waals surface area contributed by atoms with E-state index in [2.05, 4.69) is 11.4 Å². The number of aliphatic imine (C=N–C) groups is 1. The molecule has 0 spiro atoms. The molecule has 2 aromatic rings. The lowest BCUT2D eigenvalue weighted by Crippen LogP contribution is -2.29. The van der Waals surface area contributed by atoms with Gasteiger partial charge in [-0.2, -0.15) is 5.26 Å². The number of nitriles is 1. The molecule has 2 aromatic carbocycles. The first-order valence-electron chi connectivity index (χ1n) is 11.1. The Morgan fingerprint density at radius 2 is 1.91 bits per heavy atom. The molecule has 35 heavy (non-hydrogen) atoms. The van der Waals surface area contributed by atoms with Crippen molar-refractivity contribution in [2.24, 2.45) is 4.99 Å². The van der Waals surface area contributed by atoms with E-state index in [4.69, 9.17) is 4.99 Å². The second-order valence-electron chi connectivity index (χ2n) is 8.01. The van der Waals surface area contributed by atoms with Crippen molar-refractivity contribution in [1.29, 1.82) is 5.26 Å². The van der Waals surface area contributed by atoms with Gasteiger partial charge in [0.2, 0.25) is 0 Å². The van der Waals surface area contributed by atoms with Gasteiger partial charge in [0, 0.05) is 19.3 Å². The number of amidine groups is 1. The molecule has 7 nitrogen and oxygen atoms in total. The van der Waals surface area contributed by atoms with Crippen LogP contribution in [-0.4, -0.2) is 40.3 Å². The van der Waals surface area contributed by atoms with Crippen LogP contribution in [0.1, 0.15) is 31.9 Å². The summed E-state index contributed by atoms with van der Waals surface area (Å²) in [6.07, 6.45) is 0. The van der Waals surface area contributed by atoms with Gasteiger partial charge in [0.1, 0.15) is 4.91 Å². The van der Waals surface area contributed by atoms with Gasteiger partial charge in [-0.3, -0.25) is 14.5 Å². The zero-order valence-corrected chi connectivity index (χ0v) is 21.6. The number of Topliss-reactive ketones (excluding diaryl/α,β-unsaturated/α-hetero) is 1. The number of thioether (sulfide) groups is 2. The average Bonchev–Trinajstić information content (AvgIpc) is 3.31. The molecule has 2 aliphatic rings. The molecule has 178 valence electrons. The molecule has 9 heteroatoms. The topological polar surface area (TPSA) is 88.8 Å². The van der Waals surface area contributed by atoms with E-state index in [9.17, 15) is 14.9 Å². The molecular weight excluding hydrogens is 478 g/mol. The van der Waals surface area contributed by atoms with E-state index < -0.39 is 0 Å². The normalized spacial score (nSPS) is 19.1. The van der Waals surface area contributed by atoms with Crippen molar-refractivity contribution in [2.75, 3.05) is 18.9 Å². The van der Waals surface area contributed by atoms with Crippen molar-refractivity contribution in [2.45, 2.75) is 27.3 Å². The van der Waals surface area contributed by atoms with Gasteiger partial charge in [-0.1, -0.05) is 42.1 Å². The average molecular weight is 504 g/mol. The van der Waals surface area contributed by atoms with Crippen molar-refractivity contribution in [1.82, 2.24) is 9.80 Å². The summed E-state index contributed by atoms with van der Waals surface area (Å²) in [5.41, 5.74) is 3.68. The van der Waals surface area contributed by atoms with Crippen LogP contribution in [0.15, 0.2) is 74.1 Å². The van der Waals surface area contributed by atoms with Gasteiger partial charge >= 0.3 is 0 Å². The van der Waals surface area contributed by atoms with Crippen LogP contribution in [0.5, 0.6) is 0 Å². The van der Waals surface area contributed by atoms with Crippen LogP contribution in [0, 0.1) is 11.3 Å². The molecule has 0 aliphatic carbocycles. The second-order valence-corrected chi connectivity index (χ2v) is 9.99. The zero-order chi connectivity index (χ0) is 25.1. The van der Waals surface area contributed by atoms with Gasteiger partial charge in [0.05, 0.1) is 39.5 Å². The lowest BCUT2D eigenvalue weighted by atomic mass is 10.2. The summed E-state index contributed by atoms with van der Waals surface area (Å²) in [7, 11) is 1.87. The van der Waals surface area contributed by atoms with E-state index in [-0.39, 0.29) is 11.7 Å². The Morgan fingerprint density at radius 1 is 1.17 bits per heavy atom. The molecule has 2 heterocycles. The fourth-order valence-corrected chi connectivity index (χ4v) is 6.06. The van der Waals surface area contributed by atoms with Crippen LogP contribution < -0.4 is 5.32 Å². The monoisotopic (exact) mass is 503 g/mol. The van der Waals surface area contributed by atoms with Gasteiger partial charge in [-0.05, 0) is 56.3 Å². The summed E-state index contributed by atoms with van der Waals surface area (Å²) in [4.78, 5) is 35.4. The maximum Gasteiger partial charge on any atom is 0.269 e. The number of amides is 1. The number of benzene rings is 2. The highest BCUT2D eigenvalue weighted by atomic mass is 32.2. The van der Waals surface area contributed by atoms with Crippen LogP contribution in [0.25, 0.3) is 0 Å². The van der Waals surface area contributed by atoms with Crippen LogP contribution in [-0.2, 0) is 16.1 Å². The molecule has 0 bridgehead atoms. The summed E-state index contributed by atoms with van der Waals surface area (Å²) in [6.45, 7) is 6.46. The highest BCUT2D eigenvalue weighted by molar-refractivity contribution is 8.19. The number of nitrogens with zero attached hydrogens (tertiary/aromatic N) is 4. The number of carbonyl (C=O) groups excluding carboxylic acids is 2. The number of allylic oxidation sites excluding steroid dienone is 2. The molecule has 4 rings (SSSR count). The van der Waals surface area contributed by atoms with E-state index in [1.165, 1.54) is 30.4 Å². The number of anilines is 1. The van der Waals surface area contributed by atoms with Gasteiger partial charge in [0.15, 0.2) is 11.0 Å². The van der Waals surface area contributed by atoms with Gasteiger partial charge in [0.25, 0.3) is 5.91 Å². The fourth-order valence-electron chi connectivity index (χ4n) is 3.73. The van der Waals surface area contributed by atoms with Crippen LogP contribution in [0.4, 0.5) is 11.4 Å². The highest BCUT2D eigenvalue weighted by Crippen LogP contribution is 2.47. The van der Waals surface area contributed by atoms with Crippen molar-refractivity contribution < 1.29 is 9.59 Å². The molecule has 0 radical (unpaired) electrons. The Balaban J connectivity index is 1.81. The molecule has 1 N–H and O–H groups in total. The number of nitrogens with one attached hydrogen (secondary N) is 1. The molecule has 1 amide bonds. The summed E-state index contributed by atoms with van der Waals surface area (Å²) in [5, 5.41) is 13.9. The second kappa shape index (κ2) is 10.4. The number of hydrogen-bond donors (Lipinski definition) is 1. The summed E-state index contributed by atoms with van der Waals surface area (Å²) in [6, 6.07) is 17.2. The number of hydrogen-bond acceptors (Lipinski definition) is 8. The van der Waals surface area contributed by atoms with Crippen LogP contribution >= 0.6 is 23.5 Å². The molecule has 0 aromatic heterocycles. The SMILES string of the molecule is CCNc1ccc(C#N)cc1N=C1S/C(=C2\SC(C(C)=O)=C(C)N2C)C(=O)N1Cc1ccccc1. The Labute approximate surface area is 213 Å². The first-order valence-corrected chi connectivity index (χ1v) is 12.7. The van der Waals surface area contributed by atoms with Crippen molar-refractivity contribution in [3.63, 3.8) is 0 Å². The Morgan fingerprint density at radius 3 is 2.54 bits per heavy atom. The number of carbonyl (C=O) groups is 2. The molecular formula is C26H25N5O2S2. The minimum atomic E-state index is -0.161. The molecule has 0 saturated carbocycles. The number of ketones is 1. The zero-order valence-electron chi connectivity index (χ0n) is 20.0. The third-order valence-corrected chi connectivity index (χ3v) is 8.26. The minimum Gasteiger partial charge on any atom is -0.384 e. The quantitative estimate of drug-likeness (QED) is 0.527. The smallest absolute Gasteiger partial charge is 0.269 e. The first kappa shape index (κ1) is 24.6. The van der Waals surface area contributed by atoms with Crippen molar-refractivity contribution >= 4 is 51.8 Å². The Bertz CT molecular complexity index is 1320. The maximum absolute atomic E-state index is 13.7. The van der Waals surface area contributed by atoms with Crippen LogP contribution in [0.3, 0.4) is 0 Å². The van der Waals surface area contributed by atoms with Crippen molar-refractivity contribution in [3.8, 4) is 6.07 Å². The summed E-state index contributed by atoms with van der Waals surface area (Å²) >= 11 is 2.62. The lowest BCUT2D eigenvalue weighted by molar-refractivity contribution is -0.122. The third-order valence-electron chi connectivity index (χ3n) is 5.61. The van der Waals surface area contributed by atoms with E-state index in [0.717, 1.165) is 22.0 Å². The van der Waals surface area contributed by atoms with E-state index >= 15 is 0 Å². The van der Waals surface area contributed by atoms with E-state index in [1.807, 2.05) is 62.2 Å². The largest absolute Gasteiger partial charge is 0.384 e. The third kappa shape index (κ3) is 4.99. The van der Waals surface area contributed by atoms with Gasteiger partial charge < -0.3 is 10.2 Å². The highest BCUT2D eigenvalue weighted by Gasteiger charge is 2.39. The van der Waals surface area contributed by atoms with Crippen molar-refractivity contribution in [3.05, 3.63) is 80.2 Å². The first-order chi connectivity index (χ1) is 16.8. The molecule has 1 fully saturated rings. The summed E-state index contributed by atoms with van der Waals surface area (Å²) < 4.78 is 0. The van der Waals surface area contributed by atoms with E-state index in [0.29, 0.717) is 39.3 Å². The van der Waals surface area contributed by atoms with Crippen LogP contribution in [0.2, 0.25) is 0 Å². The standard InChI is InChI=1S/C26H25N5O2S2/c1-5-28-20-12-11-19(14-27)13-21(20)29-26-31(15-18-9-7-6-8-10-18)24(33)23(35-26)25-30(4)16(2)22(34-25)17(3)32/h6-13,28H,5,15H2,1-4H3/b25-23-,29-26?. The van der Waals surface area contributed by atoms with Gasteiger partial charge in [-0.25, -0.2) is 4.99 Å². The summed E-state index contributed by atoms with van der Waals surface area (Å²) in [5.74, 6) is -0.185. The maximum atomic E-state index is 13.7. The predicted molar refractivity (Wildman–Crippen MR) is 143 cm³/mol. The van der Waals surface area contributed by atoms with E-state index in [1.54, 1.807) is 17.0 Å². The Kier molecular flexibility index (Phi) is 7.34. The van der Waals surface area contributed by atoms with Gasteiger partial charge in [-0.15, -0.1) is 0 Å². The molecule has 0 unspecified atom stereocenters. The lowest BCUT2D eigenvalue weighted by Gasteiger charge is -2.17. The minimum absolute atomic E-state index is 0.0240. The Hall–Kier alpha value is -3.48. The molecule has 2 aliphatic heterocycles. The molecule has 1 saturated heterocycles. The number of rotatable bonds is 6. The fraction of sp³-hybridized carbons (Fsp3) is 0.231. The predicted octanol–water partition coefficient (Wildman–Crippen LogP) is 5.42. The molecule has 0 atom stereocenters.